The maximum absolute atomic E-state index is 13.7. The normalized spacial score (nSPS) is 12.6. The number of nitrogens with two attached hydrogens (primary N) is 1. The maximum atomic E-state index is 13.7. The van der Waals surface area contributed by atoms with Gasteiger partial charge in [-0.1, -0.05) is 45.9 Å². The van der Waals surface area contributed by atoms with Crippen LogP contribution in [0, 0.1) is 0 Å². The molecule has 1 heterocycles. The summed E-state index contributed by atoms with van der Waals surface area (Å²) in [5, 5.41) is 0. The highest BCUT2D eigenvalue weighted by atomic mass is 16.6. The van der Waals surface area contributed by atoms with Crippen LogP contribution in [-0.2, 0) is 66.4 Å². The second kappa shape index (κ2) is 36.2. The smallest absolute Gasteiger partial charge is 0.308 e. The van der Waals surface area contributed by atoms with E-state index in [1.54, 1.807) is 7.11 Å². The molecule has 19 heteroatoms. The van der Waals surface area contributed by atoms with Gasteiger partial charge in [-0.25, -0.2) is 4.90 Å². The first-order chi connectivity index (χ1) is 32.7. The van der Waals surface area contributed by atoms with Crippen LogP contribution in [0.3, 0.4) is 0 Å². The maximum Gasteiger partial charge on any atom is 0.308 e. The van der Waals surface area contributed by atoms with Crippen LogP contribution in [0.5, 0.6) is 5.75 Å². The van der Waals surface area contributed by atoms with Gasteiger partial charge in [-0.3, -0.25) is 14.4 Å². The lowest BCUT2D eigenvalue weighted by Crippen LogP contribution is -2.31. The Bertz CT molecular complexity index is 1640. The fourth-order valence-corrected chi connectivity index (χ4v) is 6.36. The number of fused-ring (bicyclic) bond motifs is 1. The molecule has 2 amide bonds. The molecule has 0 atom stereocenters. The molecule has 1 aliphatic heterocycles. The molecule has 0 bridgehead atoms. The number of nitrogen functional groups attached to an aromatic ring is 1. The fraction of sp³-hybridized carbons (Fsp3) is 0.688. The third-order valence-electron chi connectivity index (χ3n) is 9.79. The number of nitrogens with zero attached hydrogens (tertiary/aromatic N) is 1. The minimum Gasteiger partial charge on any atom is -0.488 e. The molecule has 0 radical (unpaired) electrons. The third kappa shape index (κ3) is 23.4. The molecule has 0 unspecified atom stereocenters. The van der Waals surface area contributed by atoms with Gasteiger partial charge in [0.05, 0.1) is 181 Å². The van der Waals surface area contributed by atoms with Crippen molar-refractivity contribution >= 4 is 29.2 Å². The van der Waals surface area contributed by atoms with Gasteiger partial charge < -0.3 is 72.0 Å². The summed E-state index contributed by atoms with van der Waals surface area (Å²) in [4.78, 5) is 40.8. The number of anilines is 2. The van der Waals surface area contributed by atoms with Crippen molar-refractivity contribution in [2.45, 2.75) is 46.0 Å². The molecule has 0 fully saturated rings. The number of amides is 2. The first-order valence-electron chi connectivity index (χ1n) is 23.2. The van der Waals surface area contributed by atoms with Crippen LogP contribution < -0.4 is 15.4 Å². The van der Waals surface area contributed by atoms with E-state index in [0.717, 1.165) is 11.1 Å². The number of para-hydroxylation sites is 1. The predicted octanol–water partition coefficient (Wildman–Crippen LogP) is 4.46. The topological polar surface area (TPSA) is 210 Å². The number of ether oxygens (including phenoxy) is 14. The Morgan fingerprint density at radius 3 is 1.19 bits per heavy atom. The summed E-state index contributed by atoms with van der Waals surface area (Å²) in [6.45, 7) is 18.7. The van der Waals surface area contributed by atoms with E-state index in [-0.39, 0.29) is 60.6 Å². The van der Waals surface area contributed by atoms with Gasteiger partial charge in [-0.05, 0) is 35.1 Å². The van der Waals surface area contributed by atoms with Crippen LogP contribution in [0.1, 0.15) is 77.8 Å². The molecule has 380 valence electrons. The van der Waals surface area contributed by atoms with Crippen LogP contribution in [0.15, 0.2) is 30.3 Å². The van der Waals surface area contributed by atoms with Crippen LogP contribution in [0.4, 0.5) is 11.4 Å². The highest BCUT2D eigenvalue weighted by Crippen LogP contribution is 2.41. The lowest BCUT2D eigenvalue weighted by atomic mass is 9.92. The van der Waals surface area contributed by atoms with Gasteiger partial charge in [-0.15, -0.1) is 0 Å². The van der Waals surface area contributed by atoms with Gasteiger partial charge in [0.2, 0.25) is 0 Å². The number of carbonyl (C=O) groups excluding carboxylic acids is 3. The van der Waals surface area contributed by atoms with Crippen molar-refractivity contribution in [3.05, 3.63) is 52.6 Å². The fourth-order valence-electron chi connectivity index (χ4n) is 6.36. The Morgan fingerprint density at radius 2 is 0.836 bits per heavy atom. The molecular weight excluding hydrogens is 877 g/mol. The molecule has 2 aromatic rings. The van der Waals surface area contributed by atoms with E-state index >= 15 is 0 Å². The van der Waals surface area contributed by atoms with Crippen molar-refractivity contribution in [3.8, 4) is 5.75 Å². The van der Waals surface area contributed by atoms with Crippen molar-refractivity contribution in [1.82, 2.24) is 0 Å². The average Bonchev–Trinajstić information content (AvgIpc) is 3.55. The first-order valence-corrected chi connectivity index (χ1v) is 23.2. The minimum atomic E-state index is -0.450. The highest BCUT2D eigenvalue weighted by molar-refractivity contribution is 6.35. The molecule has 3 rings (SSSR count). The van der Waals surface area contributed by atoms with Crippen molar-refractivity contribution in [3.63, 3.8) is 0 Å². The Hall–Kier alpha value is -3.83. The number of esters is 1. The van der Waals surface area contributed by atoms with Crippen molar-refractivity contribution in [1.29, 1.82) is 0 Å². The van der Waals surface area contributed by atoms with Gasteiger partial charge in [0.1, 0.15) is 19.0 Å². The number of methoxy groups -OCH3 is 1. The number of carbonyl (C=O) groups is 3. The molecule has 0 saturated carbocycles. The van der Waals surface area contributed by atoms with Gasteiger partial charge in [0.25, 0.3) is 11.8 Å². The van der Waals surface area contributed by atoms with Gasteiger partial charge in [0.15, 0.2) is 0 Å². The first kappa shape index (κ1) is 57.5. The Kier molecular flexibility index (Phi) is 31.1. The summed E-state index contributed by atoms with van der Waals surface area (Å²) in [7, 11) is 1.64. The van der Waals surface area contributed by atoms with Crippen LogP contribution in [0.2, 0.25) is 0 Å². The number of imide groups is 1. The quantitative estimate of drug-likeness (QED) is 0.0421. The van der Waals surface area contributed by atoms with E-state index in [1.165, 1.54) is 17.0 Å². The van der Waals surface area contributed by atoms with E-state index in [4.69, 9.17) is 72.0 Å². The van der Waals surface area contributed by atoms with Crippen LogP contribution in [-0.4, -0.2) is 190 Å². The summed E-state index contributed by atoms with van der Waals surface area (Å²) in [6.07, 6.45) is 0.0583. The molecule has 67 heavy (non-hydrogen) atoms. The lowest BCUT2D eigenvalue weighted by Gasteiger charge is -2.25. The zero-order valence-electron chi connectivity index (χ0n) is 40.4. The number of benzene rings is 2. The molecule has 0 aliphatic carbocycles. The Balaban J connectivity index is 1.05. The van der Waals surface area contributed by atoms with Gasteiger partial charge >= 0.3 is 5.97 Å². The third-order valence-corrected chi connectivity index (χ3v) is 9.79. The highest BCUT2D eigenvalue weighted by Gasteiger charge is 2.40. The minimum absolute atomic E-state index is 0.00271. The monoisotopic (exact) mass is 953 g/mol. The molecule has 1 aliphatic rings. The van der Waals surface area contributed by atoms with Gasteiger partial charge in [-0.2, -0.15) is 0 Å². The van der Waals surface area contributed by atoms with Crippen molar-refractivity contribution in [2.75, 3.05) is 183 Å². The summed E-state index contributed by atoms with van der Waals surface area (Å²) in [6, 6.07) is 8.80. The van der Waals surface area contributed by atoms with E-state index < -0.39 is 17.8 Å². The largest absolute Gasteiger partial charge is 0.488 e. The summed E-state index contributed by atoms with van der Waals surface area (Å²) in [5.41, 5.74) is 9.31. The Morgan fingerprint density at radius 1 is 0.493 bits per heavy atom. The van der Waals surface area contributed by atoms with E-state index in [1.807, 2.05) is 45.9 Å². The molecule has 0 aromatic heterocycles. The second-order valence-corrected chi connectivity index (χ2v) is 15.5. The van der Waals surface area contributed by atoms with E-state index in [2.05, 4.69) is 0 Å². The van der Waals surface area contributed by atoms with E-state index in [9.17, 15) is 14.4 Å². The van der Waals surface area contributed by atoms with Crippen molar-refractivity contribution < 1.29 is 80.7 Å². The molecule has 2 N–H and O–H groups in total. The van der Waals surface area contributed by atoms with E-state index in [0.29, 0.717) is 151 Å². The van der Waals surface area contributed by atoms with Crippen molar-refractivity contribution in [2.24, 2.45) is 0 Å². The summed E-state index contributed by atoms with van der Waals surface area (Å²) >= 11 is 0. The predicted molar refractivity (Wildman–Crippen MR) is 249 cm³/mol. The average molecular weight is 953 g/mol. The number of rotatable bonds is 43. The zero-order chi connectivity index (χ0) is 48.3. The SMILES string of the molecule is COCCOCCOCCOCCOCCOCCOCCOCCOCCOCCOCCOCCC(=O)OCCOc1cc2c(cc1N)C(=O)N(c1c(C(C)C)cccc1C(C)C)C2=O. The summed E-state index contributed by atoms with van der Waals surface area (Å²) in [5.74, 6) is -0.901. The standard InChI is InChI=1S/C48H76N2O17/c1-37(2)39-7-6-8-40(38(3)4)46(39)50-47(52)41-35-43(49)44(36-42(41)48(50)53)66-33-34-67-45(51)9-10-55-13-14-57-17-18-59-21-22-61-25-26-63-29-30-65-32-31-64-28-27-62-24-23-60-20-19-58-16-15-56-12-11-54-5/h6-8,35-38H,9-34,49H2,1-5H3. The number of hydrogen-bond acceptors (Lipinski definition) is 18. The van der Waals surface area contributed by atoms with Crippen LogP contribution in [0.25, 0.3) is 0 Å². The summed E-state index contributed by atoms with van der Waals surface area (Å²) < 4.78 is 76.0. The molecular formula is C48H76N2O17. The van der Waals surface area contributed by atoms with Gasteiger partial charge in [0, 0.05) is 7.11 Å². The molecule has 19 nitrogen and oxygen atoms in total. The number of hydrogen-bond donors (Lipinski definition) is 1. The molecule has 2 aromatic carbocycles. The lowest BCUT2D eigenvalue weighted by molar-refractivity contribution is -0.145. The molecule has 0 spiro atoms. The Labute approximate surface area is 396 Å². The molecule has 0 saturated heterocycles. The van der Waals surface area contributed by atoms with Crippen LogP contribution >= 0.6 is 0 Å². The second-order valence-electron chi connectivity index (χ2n) is 15.5. The zero-order valence-corrected chi connectivity index (χ0v) is 40.4.